The summed E-state index contributed by atoms with van der Waals surface area (Å²) in [5.74, 6) is -2.15. The van der Waals surface area contributed by atoms with Gasteiger partial charge in [0.05, 0.1) is 46.5 Å². The standard InChI is InChI=1S/C27H34BrClN2O5S/c1-5-11-30(19-10-8-7-9-18(19)29)25(34)23-27-13-17(28)22(37-27)20(26(35)36-6-2)21(27)24(33)31(23)16(14-32)12-15(3)4/h5,7-10,15-17,20-23,32H,1,6,11-14H2,2-4H3/t16-,17?,20+,21+,22+,23?,27?/m1/s1. The minimum Gasteiger partial charge on any atom is -0.466 e. The Balaban J connectivity index is 1.86. The third-order valence-corrected chi connectivity index (χ3v) is 11.1. The van der Waals surface area contributed by atoms with Crippen molar-refractivity contribution in [3.05, 3.63) is 41.9 Å². The Morgan fingerprint density at radius 1 is 1.41 bits per heavy atom. The first-order valence-corrected chi connectivity index (χ1v) is 14.9. The molecule has 4 rings (SSSR count). The maximum Gasteiger partial charge on any atom is 0.310 e. The number of halogens is 2. The van der Waals surface area contributed by atoms with E-state index in [1.807, 2.05) is 13.8 Å². The number of likely N-dealkylation sites (tertiary alicyclic amines) is 1. The minimum atomic E-state index is -0.883. The highest BCUT2D eigenvalue weighted by Gasteiger charge is 2.76. The molecule has 3 fully saturated rings. The van der Waals surface area contributed by atoms with Gasteiger partial charge in [0.15, 0.2) is 0 Å². The van der Waals surface area contributed by atoms with E-state index in [1.165, 1.54) is 0 Å². The third-order valence-electron chi connectivity index (χ3n) is 7.59. The molecule has 1 N–H and O–H groups in total. The molecule has 1 aromatic rings. The van der Waals surface area contributed by atoms with Crippen LogP contribution in [0, 0.1) is 17.8 Å². The highest BCUT2D eigenvalue weighted by molar-refractivity contribution is 9.09. The SMILES string of the molecule is C=CCN(C(=O)C1N([C@@H](CO)CC(C)C)C(=O)[C@@H]2[C@H](C(=O)OCC)[C@H]3SC12CC3Br)c1ccccc1Cl. The second-order valence-corrected chi connectivity index (χ2v) is 13.4. The smallest absolute Gasteiger partial charge is 0.310 e. The topological polar surface area (TPSA) is 87.2 Å². The number of hydrogen-bond donors (Lipinski definition) is 1. The van der Waals surface area contributed by atoms with E-state index >= 15 is 0 Å². The number of amides is 2. The summed E-state index contributed by atoms with van der Waals surface area (Å²) in [5.41, 5.74) is 0.528. The van der Waals surface area contributed by atoms with Gasteiger partial charge in [0.1, 0.15) is 6.04 Å². The van der Waals surface area contributed by atoms with Crippen molar-refractivity contribution in [1.29, 1.82) is 0 Å². The Morgan fingerprint density at radius 3 is 2.70 bits per heavy atom. The zero-order chi connectivity index (χ0) is 27.1. The van der Waals surface area contributed by atoms with Gasteiger partial charge in [-0.2, -0.15) is 0 Å². The van der Waals surface area contributed by atoms with Crippen LogP contribution in [-0.2, 0) is 19.1 Å². The summed E-state index contributed by atoms with van der Waals surface area (Å²) in [6, 6.07) is 5.64. The number of nitrogens with zero attached hydrogens (tertiary/aromatic N) is 2. The van der Waals surface area contributed by atoms with Crippen molar-refractivity contribution >= 4 is 62.8 Å². The van der Waals surface area contributed by atoms with Crippen molar-refractivity contribution in [3.8, 4) is 0 Å². The maximum absolute atomic E-state index is 14.6. The summed E-state index contributed by atoms with van der Waals surface area (Å²) in [5, 5.41) is 10.7. The van der Waals surface area contributed by atoms with Crippen molar-refractivity contribution in [2.45, 2.75) is 60.5 Å². The molecule has 1 spiro atoms. The Morgan fingerprint density at radius 2 is 2.11 bits per heavy atom. The molecule has 202 valence electrons. The molecular weight excluding hydrogens is 580 g/mol. The molecule has 0 aliphatic carbocycles. The van der Waals surface area contributed by atoms with Crippen molar-refractivity contribution in [2.75, 3.05) is 24.7 Å². The fraction of sp³-hybridized carbons (Fsp3) is 0.593. The van der Waals surface area contributed by atoms with Gasteiger partial charge in [0, 0.05) is 16.6 Å². The van der Waals surface area contributed by atoms with Crippen LogP contribution >= 0.6 is 39.3 Å². The lowest BCUT2D eigenvalue weighted by molar-refractivity contribution is -0.154. The zero-order valence-corrected chi connectivity index (χ0v) is 24.5. The monoisotopic (exact) mass is 612 g/mol. The van der Waals surface area contributed by atoms with Crippen molar-refractivity contribution in [3.63, 3.8) is 0 Å². The maximum atomic E-state index is 14.6. The second-order valence-electron chi connectivity index (χ2n) is 10.3. The second kappa shape index (κ2) is 11.3. The molecule has 0 aromatic heterocycles. The fourth-order valence-electron chi connectivity index (χ4n) is 6.32. The molecule has 0 saturated carbocycles. The molecule has 3 aliphatic heterocycles. The molecule has 3 heterocycles. The first-order chi connectivity index (χ1) is 17.6. The van der Waals surface area contributed by atoms with E-state index in [4.69, 9.17) is 16.3 Å². The number of benzene rings is 1. The van der Waals surface area contributed by atoms with Crippen molar-refractivity contribution < 1.29 is 24.2 Å². The van der Waals surface area contributed by atoms with Crippen LogP contribution < -0.4 is 4.90 Å². The predicted octanol–water partition coefficient (Wildman–Crippen LogP) is 4.29. The van der Waals surface area contributed by atoms with Gasteiger partial charge in [0.2, 0.25) is 5.91 Å². The fourth-order valence-corrected chi connectivity index (χ4v) is 10.1. The number of aliphatic hydroxyl groups is 1. The van der Waals surface area contributed by atoms with Gasteiger partial charge < -0.3 is 19.6 Å². The Bertz CT molecular complexity index is 1070. The van der Waals surface area contributed by atoms with Gasteiger partial charge in [0.25, 0.3) is 5.91 Å². The summed E-state index contributed by atoms with van der Waals surface area (Å²) in [6.07, 6.45) is 2.70. The van der Waals surface area contributed by atoms with E-state index in [9.17, 15) is 19.5 Å². The number of para-hydroxylation sites is 1. The molecular formula is C27H34BrClN2O5S. The van der Waals surface area contributed by atoms with Crippen LogP contribution in [0.25, 0.3) is 0 Å². The number of aliphatic hydroxyl groups excluding tert-OH is 1. The molecule has 3 aliphatic rings. The molecule has 3 saturated heterocycles. The van der Waals surface area contributed by atoms with Gasteiger partial charge in [-0.1, -0.05) is 59.6 Å². The number of anilines is 1. The number of alkyl halides is 1. The largest absolute Gasteiger partial charge is 0.466 e. The van der Waals surface area contributed by atoms with E-state index < -0.39 is 34.6 Å². The summed E-state index contributed by atoms with van der Waals surface area (Å²) in [4.78, 5) is 45.1. The number of esters is 1. The van der Waals surface area contributed by atoms with Crippen LogP contribution in [0.3, 0.4) is 0 Å². The van der Waals surface area contributed by atoms with Gasteiger partial charge in [-0.3, -0.25) is 14.4 Å². The van der Waals surface area contributed by atoms with Gasteiger partial charge >= 0.3 is 5.97 Å². The van der Waals surface area contributed by atoms with E-state index in [0.717, 1.165) is 0 Å². The van der Waals surface area contributed by atoms with Gasteiger partial charge in [-0.15, -0.1) is 18.3 Å². The third kappa shape index (κ3) is 4.74. The lowest BCUT2D eigenvalue weighted by Gasteiger charge is -2.40. The number of carbonyl (C=O) groups is 3. The number of ether oxygens (including phenoxy) is 1. The van der Waals surface area contributed by atoms with Crippen LogP contribution in [0.1, 0.15) is 33.6 Å². The molecule has 2 bridgehead atoms. The zero-order valence-electron chi connectivity index (χ0n) is 21.3. The molecule has 1 aromatic carbocycles. The molecule has 10 heteroatoms. The summed E-state index contributed by atoms with van der Waals surface area (Å²) in [7, 11) is 0. The van der Waals surface area contributed by atoms with Crippen LogP contribution in [0.2, 0.25) is 5.02 Å². The van der Waals surface area contributed by atoms with E-state index in [2.05, 4.69) is 22.5 Å². The average Bonchev–Trinajstić information content (AvgIpc) is 3.44. The quantitative estimate of drug-likeness (QED) is 0.241. The summed E-state index contributed by atoms with van der Waals surface area (Å²) in [6.45, 7) is 9.75. The van der Waals surface area contributed by atoms with Crippen LogP contribution in [0.5, 0.6) is 0 Å². The number of rotatable bonds is 10. The predicted molar refractivity (Wildman–Crippen MR) is 150 cm³/mol. The Labute approximate surface area is 236 Å². The molecule has 37 heavy (non-hydrogen) atoms. The van der Waals surface area contributed by atoms with E-state index in [-0.39, 0.29) is 47.6 Å². The first kappa shape index (κ1) is 28.5. The van der Waals surface area contributed by atoms with E-state index in [0.29, 0.717) is 23.6 Å². The number of carbonyl (C=O) groups excluding carboxylic acids is 3. The lowest BCUT2D eigenvalue weighted by Crippen LogP contribution is -2.58. The number of thioether (sulfide) groups is 1. The molecule has 7 nitrogen and oxygen atoms in total. The average molecular weight is 614 g/mol. The van der Waals surface area contributed by atoms with Gasteiger partial charge in [-0.05, 0) is 37.8 Å². The lowest BCUT2D eigenvalue weighted by atomic mass is 9.71. The summed E-state index contributed by atoms with van der Waals surface area (Å²) < 4.78 is 4.58. The van der Waals surface area contributed by atoms with Crippen LogP contribution in [0.4, 0.5) is 5.69 Å². The summed E-state index contributed by atoms with van der Waals surface area (Å²) >= 11 is 11.8. The minimum absolute atomic E-state index is 0.0583. The van der Waals surface area contributed by atoms with Crippen LogP contribution in [0.15, 0.2) is 36.9 Å². The Kier molecular flexibility index (Phi) is 8.68. The van der Waals surface area contributed by atoms with Crippen molar-refractivity contribution in [1.82, 2.24) is 4.90 Å². The normalized spacial score (nSPS) is 30.9. The first-order valence-electron chi connectivity index (χ1n) is 12.7. The van der Waals surface area contributed by atoms with Crippen molar-refractivity contribution in [2.24, 2.45) is 17.8 Å². The molecule has 3 unspecified atom stereocenters. The highest BCUT2D eigenvalue weighted by Crippen LogP contribution is 2.68. The number of fused-ring (bicyclic) bond motifs is 1. The molecule has 7 atom stereocenters. The van der Waals surface area contributed by atoms with Crippen LogP contribution in [-0.4, -0.2) is 74.5 Å². The number of hydrogen-bond acceptors (Lipinski definition) is 6. The highest BCUT2D eigenvalue weighted by atomic mass is 79.9. The Hall–Kier alpha value is -1.55. The molecule has 2 amide bonds. The van der Waals surface area contributed by atoms with E-state index in [1.54, 1.807) is 58.8 Å². The molecule has 0 radical (unpaired) electrons. The van der Waals surface area contributed by atoms with Gasteiger partial charge in [-0.25, -0.2) is 0 Å².